The fourth-order valence-corrected chi connectivity index (χ4v) is 2.70. The molecule has 0 spiro atoms. The third-order valence-corrected chi connectivity index (χ3v) is 3.87. The highest BCUT2D eigenvalue weighted by Gasteiger charge is 2.31. The molecule has 0 saturated heterocycles. The highest BCUT2D eigenvalue weighted by Crippen LogP contribution is 2.33. The number of fused-ring (bicyclic) bond motifs is 1. The first-order valence-electron chi connectivity index (χ1n) is 7.24. The summed E-state index contributed by atoms with van der Waals surface area (Å²) in [5.74, 6) is 0.735. The van der Waals surface area contributed by atoms with Crippen LogP contribution in [0.1, 0.15) is 11.1 Å². The monoisotopic (exact) mass is 307 g/mol. The fourth-order valence-electron chi connectivity index (χ4n) is 2.70. The highest BCUT2D eigenvalue weighted by atomic mass is 16.7. The van der Waals surface area contributed by atoms with Gasteiger partial charge in [-0.3, -0.25) is 14.5 Å². The molecule has 0 bridgehead atoms. The first-order chi connectivity index (χ1) is 11.2. The Balaban J connectivity index is 1.57. The summed E-state index contributed by atoms with van der Waals surface area (Å²) in [6, 6.07) is 14.6. The van der Waals surface area contributed by atoms with E-state index in [4.69, 9.17) is 9.47 Å². The number of amides is 2. The number of imide groups is 1. The van der Waals surface area contributed by atoms with Crippen molar-refractivity contribution in [3.05, 3.63) is 65.7 Å². The molecule has 0 saturated carbocycles. The summed E-state index contributed by atoms with van der Waals surface area (Å²) in [4.78, 5) is 26.0. The molecule has 0 aliphatic carbocycles. The zero-order chi connectivity index (χ0) is 15.8. The van der Waals surface area contributed by atoms with Gasteiger partial charge in [0, 0.05) is 6.08 Å². The molecule has 0 atom stereocenters. The van der Waals surface area contributed by atoms with Gasteiger partial charge in [-0.25, -0.2) is 0 Å². The molecule has 4 rings (SSSR count). The molecule has 2 heterocycles. The molecule has 0 fully saturated rings. The summed E-state index contributed by atoms with van der Waals surface area (Å²) in [5, 5.41) is 0. The van der Waals surface area contributed by atoms with Crippen molar-refractivity contribution in [2.45, 2.75) is 6.54 Å². The van der Waals surface area contributed by atoms with Gasteiger partial charge in [-0.2, -0.15) is 0 Å². The quantitative estimate of drug-likeness (QED) is 0.817. The lowest BCUT2D eigenvalue weighted by Gasteiger charge is -2.15. The van der Waals surface area contributed by atoms with Gasteiger partial charge in [0.05, 0.1) is 12.1 Å². The minimum absolute atomic E-state index is 0.195. The zero-order valence-corrected chi connectivity index (χ0v) is 12.2. The minimum Gasteiger partial charge on any atom is -0.454 e. The molecule has 5 nitrogen and oxygen atoms in total. The lowest BCUT2D eigenvalue weighted by Crippen LogP contribution is -2.30. The Morgan fingerprint density at radius 3 is 2.57 bits per heavy atom. The second kappa shape index (κ2) is 5.28. The van der Waals surface area contributed by atoms with Crippen LogP contribution in [0.5, 0.6) is 11.5 Å². The highest BCUT2D eigenvalue weighted by molar-refractivity contribution is 6.33. The number of nitrogens with zero attached hydrogens (tertiary/aromatic N) is 1. The summed E-state index contributed by atoms with van der Waals surface area (Å²) < 4.78 is 10.6. The average molecular weight is 307 g/mol. The van der Waals surface area contributed by atoms with Gasteiger partial charge in [-0.1, -0.05) is 36.4 Å². The average Bonchev–Trinajstić information content (AvgIpc) is 3.15. The van der Waals surface area contributed by atoms with Crippen LogP contribution in [0, 0.1) is 0 Å². The number of ether oxygens (including phenoxy) is 2. The fraction of sp³-hybridized carbons (Fsp3) is 0.111. The molecule has 2 amide bonds. The second-order valence-corrected chi connectivity index (χ2v) is 5.34. The molecule has 2 aliphatic rings. The van der Waals surface area contributed by atoms with Crippen LogP contribution in [0.3, 0.4) is 0 Å². The van der Waals surface area contributed by atoms with Crippen molar-refractivity contribution in [3.63, 3.8) is 0 Å². The van der Waals surface area contributed by atoms with Crippen molar-refractivity contribution >= 4 is 17.4 Å². The predicted octanol–water partition coefficient (Wildman–Crippen LogP) is 2.37. The summed E-state index contributed by atoms with van der Waals surface area (Å²) >= 11 is 0. The molecule has 2 aliphatic heterocycles. The molecule has 0 radical (unpaired) electrons. The van der Waals surface area contributed by atoms with Gasteiger partial charge >= 0.3 is 0 Å². The van der Waals surface area contributed by atoms with Crippen LogP contribution in [0.15, 0.2) is 54.6 Å². The molecule has 114 valence electrons. The summed E-state index contributed by atoms with van der Waals surface area (Å²) in [5.41, 5.74) is 1.99. The molecule has 0 unspecified atom stereocenters. The zero-order valence-electron chi connectivity index (χ0n) is 12.2. The summed E-state index contributed by atoms with van der Waals surface area (Å²) in [6.45, 7) is 0.404. The Morgan fingerprint density at radius 2 is 1.74 bits per heavy atom. The summed E-state index contributed by atoms with van der Waals surface area (Å²) in [7, 11) is 0. The number of hydrogen-bond donors (Lipinski definition) is 0. The van der Waals surface area contributed by atoms with E-state index in [1.165, 1.54) is 11.0 Å². The minimum atomic E-state index is -0.300. The third kappa shape index (κ3) is 2.36. The van der Waals surface area contributed by atoms with Crippen molar-refractivity contribution in [2.24, 2.45) is 0 Å². The number of hydrogen-bond acceptors (Lipinski definition) is 4. The largest absolute Gasteiger partial charge is 0.454 e. The van der Waals surface area contributed by atoms with Gasteiger partial charge in [0.25, 0.3) is 11.8 Å². The van der Waals surface area contributed by atoms with E-state index in [1.807, 2.05) is 36.4 Å². The van der Waals surface area contributed by atoms with Crippen molar-refractivity contribution < 1.29 is 19.1 Å². The molecule has 0 N–H and O–H groups in total. The Morgan fingerprint density at radius 1 is 0.957 bits per heavy atom. The lowest BCUT2D eigenvalue weighted by atomic mass is 10.1. The van der Waals surface area contributed by atoms with Crippen LogP contribution >= 0.6 is 0 Å². The van der Waals surface area contributed by atoms with Crippen LogP contribution in [0.4, 0.5) is 0 Å². The van der Waals surface area contributed by atoms with E-state index in [2.05, 4.69) is 0 Å². The third-order valence-electron chi connectivity index (χ3n) is 3.87. The first-order valence-corrected chi connectivity index (χ1v) is 7.24. The van der Waals surface area contributed by atoms with Crippen LogP contribution < -0.4 is 9.47 Å². The maximum Gasteiger partial charge on any atom is 0.261 e. The molecule has 2 aromatic rings. The van der Waals surface area contributed by atoms with Gasteiger partial charge in [0.2, 0.25) is 6.79 Å². The maximum atomic E-state index is 12.5. The SMILES string of the molecule is O=C1C=C(c2ccccc2)C(=O)N1Cc1ccc2c(c1)OCO2. The van der Waals surface area contributed by atoms with E-state index in [9.17, 15) is 9.59 Å². The Labute approximate surface area is 132 Å². The van der Waals surface area contributed by atoms with Crippen LogP contribution in [-0.4, -0.2) is 23.5 Å². The van der Waals surface area contributed by atoms with Gasteiger partial charge < -0.3 is 9.47 Å². The van der Waals surface area contributed by atoms with Crippen LogP contribution in [0.25, 0.3) is 5.57 Å². The number of carbonyl (C=O) groups is 2. The van der Waals surface area contributed by atoms with E-state index < -0.39 is 0 Å². The van der Waals surface area contributed by atoms with Crippen LogP contribution in [0.2, 0.25) is 0 Å². The predicted molar refractivity (Wildman–Crippen MR) is 82.5 cm³/mol. The molecule has 0 aromatic heterocycles. The van der Waals surface area contributed by atoms with Crippen LogP contribution in [-0.2, 0) is 16.1 Å². The lowest BCUT2D eigenvalue weighted by molar-refractivity contribution is -0.137. The van der Waals surface area contributed by atoms with E-state index in [1.54, 1.807) is 12.1 Å². The maximum absolute atomic E-state index is 12.5. The van der Waals surface area contributed by atoms with E-state index in [0.717, 1.165) is 11.1 Å². The topological polar surface area (TPSA) is 55.8 Å². The standard InChI is InChI=1S/C18H13NO4/c20-17-9-14(13-4-2-1-3-5-13)18(21)19(17)10-12-6-7-15-16(8-12)23-11-22-15/h1-9H,10-11H2. The van der Waals surface area contributed by atoms with Gasteiger partial charge in [-0.15, -0.1) is 0 Å². The molecular formula is C18H13NO4. The summed E-state index contributed by atoms with van der Waals surface area (Å²) in [6.07, 6.45) is 1.39. The van der Waals surface area contributed by atoms with Gasteiger partial charge in [-0.05, 0) is 23.3 Å². The van der Waals surface area contributed by atoms with Gasteiger partial charge in [0.15, 0.2) is 11.5 Å². The van der Waals surface area contributed by atoms with Crippen molar-refractivity contribution in [1.82, 2.24) is 4.90 Å². The smallest absolute Gasteiger partial charge is 0.261 e. The Bertz CT molecular complexity index is 826. The van der Waals surface area contributed by atoms with E-state index in [0.29, 0.717) is 17.1 Å². The normalized spacial score (nSPS) is 16.0. The van der Waals surface area contributed by atoms with Gasteiger partial charge in [0.1, 0.15) is 0 Å². The molecule has 2 aromatic carbocycles. The number of rotatable bonds is 3. The van der Waals surface area contributed by atoms with E-state index in [-0.39, 0.29) is 25.2 Å². The molecular weight excluding hydrogens is 294 g/mol. The molecule has 23 heavy (non-hydrogen) atoms. The Hall–Kier alpha value is -3.08. The molecule has 5 heteroatoms. The second-order valence-electron chi connectivity index (χ2n) is 5.34. The van der Waals surface area contributed by atoms with Crippen molar-refractivity contribution in [1.29, 1.82) is 0 Å². The number of benzene rings is 2. The van der Waals surface area contributed by atoms with E-state index >= 15 is 0 Å². The first kappa shape index (κ1) is 13.6. The van der Waals surface area contributed by atoms with Crippen molar-refractivity contribution in [3.8, 4) is 11.5 Å². The van der Waals surface area contributed by atoms with Crippen molar-refractivity contribution in [2.75, 3.05) is 6.79 Å². The number of carbonyl (C=O) groups excluding carboxylic acids is 2. The Kier molecular flexibility index (Phi) is 3.12.